The molecule has 1 aromatic heterocycles. The molecular formula is C20H25F4N5O. The average molecular weight is 427 g/mol. The minimum absolute atomic E-state index is 0.0153. The molecule has 0 radical (unpaired) electrons. The van der Waals surface area contributed by atoms with Crippen molar-refractivity contribution in [3.63, 3.8) is 0 Å². The van der Waals surface area contributed by atoms with E-state index >= 15 is 4.39 Å². The number of benzene rings is 1. The Hall–Kier alpha value is -2.46. The number of piperidine rings is 1. The molecule has 0 bridgehead atoms. The van der Waals surface area contributed by atoms with Crippen LogP contribution in [0.2, 0.25) is 0 Å². The van der Waals surface area contributed by atoms with E-state index in [0.29, 0.717) is 25.2 Å². The highest BCUT2D eigenvalue weighted by molar-refractivity contribution is 5.51. The highest BCUT2D eigenvalue weighted by Gasteiger charge is 2.30. The second kappa shape index (κ2) is 9.57. The number of halogens is 4. The third-order valence-electron chi connectivity index (χ3n) is 5.23. The molecule has 2 aromatic rings. The van der Waals surface area contributed by atoms with Crippen molar-refractivity contribution in [3.05, 3.63) is 47.5 Å². The monoisotopic (exact) mass is 427 g/mol. The van der Waals surface area contributed by atoms with E-state index in [1.807, 2.05) is 6.92 Å². The maximum atomic E-state index is 15.0. The van der Waals surface area contributed by atoms with Crippen molar-refractivity contribution in [2.45, 2.75) is 32.2 Å². The number of aromatic nitrogens is 2. The molecule has 1 aliphatic heterocycles. The largest absolute Gasteiger partial charge is 0.416 e. The number of anilines is 2. The van der Waals surface area contributed by atoms with Gasteiger partial charge in [0.1, 0.15) is 6.33 Å². The molecule has 2 atom stereocenters. The Morgan fingerprint density at radius 1 is 1.23 bits per heavy atom. The van der Waals surface area contributed by atoms with Crippen molar-refractivity contribution >= 4 is 11.6 Å². The van der Waals surface area contributed by atoms with Gasteiger partial charge in [0, 0.05) is 32.1 Å². The summed E-state index contributed by atoms with van der Waals surface area (Å²) < 4.78 is 53.2. The summed E-state index contributed by atoms with van der Waals surface area (Å²) in [7, 11) is 0. The van der Waals surface area contributed by atoms with E-state index < -0.39 is 23.7 Å². The molecule has 1 aliphatic rings. The van der Waals surface area contributed by atoms with Crippen molar-refractivity contribution in [3.8, 4) is 0 Å². The first-order valence-electron chi connectivity index (χ1n) is 9.83. The summed E-state index contributed by atoms with van der Waals surface area (Å²) in [5, 5.41) is 16.1. The van der Waals surface area contributed by atoms with Crippen molar-refractivity contribution in [2.75, 3.05) is 36.4 Å². The lowest BCUT2D eigenvalue weighted by atomic mass is 9.95. The van der Waals surface area contributed by atoms with Gasteiger partial charge in [-0.05, 0) is 37.6 Å². The van der Waals surface area contributed by atoms with Crippen molar-refractivity contribution < 1.29 is 22.7 Å². The van der Waals surface area contributed by atoms with Gasteiger partial charge in [-0.2, -0.15) is 17.6 Å². The lowest BCUT2D eigenvalue weighted by Gasteiger charge is -2.29. The normalized spacial score (nSPS) is 19.5. The first-order valence-corrected chi connectivity index (χ1v) is 9.83. The lowest BCUT2D eigenvalue weighted by molar-refractivity contribution is -0.137. The Balaban J connectivity index is 1.71. The third-order valence-corrected chi connectivity index (χ3v) is 5.23. The van der Waals surface area contributed by atoms with Crippen LogP contribution in [0.3, 0.4) is 0 Å². The molecule has 1 fully saturated rings. The molecule has 3 N–H and O–H groups in total. The Bertz CT molecular complexity index is 831. The number of nitrogens with one attached hydrogen (secondary N) is 2. The molecule has 3 rings (SSSR count). The molecule has 1 unspecified atom stereocenters. The van der Waals surface area contributed by atoms with Crippen LogP contribution in [0.25, 0.3) is 0 Å². The van der Waals surface area contributed by atoms with Gasteiger partial charge < -0.3 is 20.6 Å². The summed E-state index contributed by atoms with van der Waals surface area (Å²) in [6.45, 7) is 4.08. The van der Waals surface area contributed by atoms with E-state index in [2.05, 4.69) is 20.6 Å². The molecule has 1 aromatic carbocycles. The van der Waals surface area contributed by atoms with Crippen LogP contribution in [0, 0.1) is 11.7 Å². The second-order valence-electron chi connectivity index (χ2n) is 7.27. The van der Waals surface area contributed by atoms with Gasteiger partial charge >= 0.3 is 6.18 Å². The molecular weight excluding hydrogens is 402 g/mol. The molecule has 10 heteroatoms. The first kappa shape index (κ1) is 22.2. The van der Waals surface area contributed by atoms with E-state index in [1.54, 1.807) is 4.90 Å². The summed E-state index contributed by atoms with van der Waals surface area (Å²) in [4.78, 5) is 9.63. The molecule has 6 nitrogen and oxygen atoms in total. The molecule has 164 valence electrons. The molecule has 0 spiro atoms. The predicted molar refractivity (Wildman–Crippen MR) is 106 cm³/mol. The molecule has 0 saturated carbocycles. The number of nitrogens with zero attached hydrogens (tertiary/aromatic N) is 3. The Morgan fingerprint density at radius 2 is 1.97 bits per heavy atom. The maximum absolute atomic E-state index is 15.0. The molecule has 30 heavy (non-hydrogen) atoms. The second-order valence-corrected chi connectivity index (χ2v) is 7.27. The fourth-order valence-corrected chi connectivity index (χ4v) is 3.42. The van der Waals surface area contributed by atoms with Crippen molar-refractivity contribution in [1.29, 1.82) is 0 Å². The van der Waals surface area contributed by atoms with E-state index in [0.717, 1.165) is 25.1 Å². The van der Waals surface area contributed by atoms with Gasteiger partial charge in [-0.3, -0.25) is 0 Å². The maximum Gasteiger partial charge on any atom is 0.416 e. The van der Waals surface area contributed by atoms with Gasteiger partial charge in [-0.1, -0.05) is 12.1 Å². The van der Waals surface area contributed by atoms with Crippen LogP contribution in [0.5, 0.6) is 0 Å². The number of rotatable bonds is 7. The minimum atomic E-state index is -4.40. The molecule has 1 saturated heterocycles. The molecule has 0 amide bonds. The van der Waals surface area contributed by atoms with E-state index in [4.69, 9.17) is 0 Å². The highest BCUT2D eigenvalue weighted by atomic mass is 19.4. The number of aliphatic hydroxyl groups excluding tert-OH is 1. The smallest absolute Gasteiger partial charge is 0.391 e. The van der Waals surface area contributed by atoms with Gasteiger partial charge in [0.15, 0.2) is 11.6 Å². The van der Waals surface area contributed by atoms with Crippen molar-refractivity contribution in [2.24, 2.45) is 5.92 Å². The van der Waals surface area contributed by atoms with Gasteiger partial charge in [-0.15, -0.1) is 0 Å². The Labute approximate surface area is 172 Å². The van der Waals surface area contributed by atoms with E-state index in [1.165, 1.54) is 18.5 Å². The molecule has 2 heterocycles. The third kappa shape index (κ3) is 5.37. The fourth-order valence-electron chi connectivity index (χ4n) is 3.42. The quantitative estimate of drug-likeness (QED) is 0.590. The topological polar surface area (TPSA) is 73.3 Å². The van der Waals surface area contributed by atoms with Crippen LogP contribution in [-0.4, -0.2) is 47.4 Å². The summed E-state index contributed by atoms with van der Waals surface area (Å²) in [5.74, 6) is -0.537. The molecule has 0 aliphatic carbocycles. The number of β-amino-alcohol motifs (C(OH)–C–C–N with tert-alkyl or cyclic N) is 1. The van der Waals surface area contributed by atoms with Gasteiger partial charge in [-0.25, -0.2) is 9.97 Å². The zero-order valence-corrected chi connectivity index (χ0v) is 16.6. The first-order chi connectivity index (χ1) is 14.3. The zero-order valence-electron chi connectivity index (χ0n) is 16.6. The Morgan fingerprint density at radius 3 is 2.60 bits per heavy atom. The van der Waals surface area contributed by atoms with E-state index in [9.17, 15) is 18.3 Å². The fraction of sp³-hybridized carbons (Fsp3) is 0.500. The SMILES string of the molecule is CCN(Cc1ccc(C(F)(F)F)cc1)c1ncnc(NCC2CCNC[C@H]2O)c1F. The summed E-state index contributed by atoms with van der Waals surface area (Å²) in [6.07, 6.45) is -2.90. The number of hydrogen-bond acceptors (Lipinski definition) is 6. The van der Waals surface area contributed by atoms with Crippen LogP contribution in [0.4, 0.5) is 29.2 Å². The van der Waals surface area contributed by atoms with Crippen LogP contribution in [0.1, 0.15) is 24.5 Å². The van der Waals surface area contributed by atoms with Crippen LogP contribution in [0.15, 0.2) is 30.6 Å². The highest BCUT2D eigenvalue weighted by Crippen LogP contribution is 2.30. The summed E-state index contributed by atoms with van der Waals surface area (Å²) >= 11 is 0. The summed E-state index contributed by atoms with van der Waals surface area (Å²) in [6, 6.07) is 4.78. The number of hydrogen-bond donors (Lipinski definition) is 3. The van der Waals surface area contributed by atoms with E-state index in [-0.39, 0.29) is 24.1 Å². The van der Waals surface area contributed by atoms with Gasteiger partial charge in [0.25, 0.3) is 0 Å². The number of aliphatic hydroxyl groups is 1. The predicted octanol–water partition coefficient (Wildman–Crippen LogP) is 3.04. The van der Waals surface area contributed by atoms with Crippen LogP contribution in [-0.2, 0) is 12.7 Å². The standard InChI is InChI=1S/C20H25F4N5O/c1-2-29(11-13-3-5-15(6-4-13)20(22,23)24)19-17(21)18(27-12-28-19)26-9-14-7-8-25-10-16(14)30/h3-6,12,14,16,25,30H,2,7-11H2,1H3,(H,26,27,28)/t14?,16-/m1/s1. The lowest BCUT2D eigenvalue weighted by Crippen LogP contribution is -2.43. The van der Waals surface area contributed by atoms with Gasteiger partial charge in [0.05, 0.1) is 11.7 Å². The van der Waals surface area contributed by atoms with Crippen LogP contribution < -0.4 is 15.5 Å². The summed E-state index contributed by atoms with van der Waals surface area (Å²) in [5.41, 5.74) is -0.121. The van der Waals surface area contributed by atoms with Crippen molar-refractivity contribution in [1.82, 2.24) is 15.3 Å². The minimum Gasteiger partial charge on any atom is -0.391 e. The van der Waals surface area contributed by atoms with Gasteiger partial charge in [0.2, 0.25) is 5.82 Å². The average Bonchev–Trinajstić information content (AvgIpc) is 2.72. The van der Waals surface area contributed by atoms with Crippen LogP contribution >= 0.6 is 0 Å². The Kier molecular flexibility index (Phi) is 7.09. The zero-order chi connectivity index (χ0) is 21.7. The number of alkyl halides is 3.